The Balaban J connectivity index is 0.00000225. The summed E-state index contributed by atoms with van der Waals surface area (Å²) in [6.07, 6.45) is 8.12. The molecule has 4 aliphatic rings. The third kappa shape index (κ3) is 3.73. The van der Waals surface area contributed by atoms with Gasteiger partial charge in [0.25, 0.3) is 0 Å². The van der Waals surface area contributed by atoms with Gasteiger partial charge in [-0.3, -0.25) is 4.79 Å². The minimum absolute atomic E-state index is 0. The Morgan fingerprint density at radius 1 is 1.00 bits per heavy atom. The van der Waals surface area contributed by atoms with Crippen LogP contribution in [0.1, 0.15) is 78.6 Å². The second kappa shape index (κ2) is 8.52. The molecule has 4 nitrogen and oxygen atoms in total. The van der Waals surface area contributed by atoms with Gasteiger partial charge in [-0.15, -0.1) is 0 Å². The van der Waals surface area contributed by atoms with Gasteiger partial charge in [0.05, 0.1) is 12.2 Å². The Morgan fingerprint density at radius 3 is 2.32 bits per heavy atom. The van der Waals surface area contributed by atoms with Crippen LogP contribution in [0.3, 0.4) is 0 Å². The molecule has 0 unspecified atom stereocenters. The third-order valence-electron chi connectivity index (χ3n) is 9.91. The first kappa shape index (κ1) is 23.7. The predicted octanol–water partition coefficient (Wildman–Crippen LogP) is 3.44. The van der Waals surface area contributed by atoms with E-state index in [0.717, 1.165) is 44.9 Å². The summed E-state index contributed by atoms with van der Waals surface area (Å²) in [5, 5.41) is 30.7. The number of aliphatic hydroxyl groups excluding tert-OH is 2. The molecule has 4 aliphatic carbocycles. The quantitative estimate of drug-likeness (QED) is 0.614. The molecule has 4 saturated carbocycles. The summed E-state index contributed by atoms with van der Waals surface area (Å²) in [4.78, 5) is 11.3. The first-order valence-electron chi connectivity index (χ1n) is 11.2. The Morgan fingerprint density at radius 2 is 1.64 bits per heavy atom. The van der Waals surface area contributed by atoms with Gasteiger partial charge in [0.1, 0.15) is 0 Å². The summed E-state index contributed by atoms with van der Waals surface area (Å²) in [7, 11) is 0. The molecule has 5 heteroatoms. The second-order valence-electron chi connectivity index (χ2n) is 11.0. The third-order valence-corrected chi connectivity index (χ3v) is 9.91. The first-order chi connectivity index (χ1) is 12.7. The molecule has 28 heavy (non-hydrogen) atoms. The molecule has 4 rings (SSSR count). The number of hydrogen-bond donors (Lipinski definition) is 3. The molecule has 0 bridgehead atoms. The molecule has 4 fully saturated rings. The standard InChI is InChI=1S/C23H38O4.K.H/c1-13(10-20(26)27)16-4-5-17-21-18(7-9-23(16,17)3)22(2)8-6-15(24)11-14(22)12-19(21)25;;/h13-19,21,24-25H,4-12H2,1-3H3,(H,26,27);;/t13-,14+,15-,16-,17+,18+,19+,21+,22+,23-;;/m1../s1. The molecule has 0 heterocycles. The van der Waals surface area contributed by atoms with Crippen molar-refractivity contribution in [1.29, 1.82) is 0 Å². The summed E-state index contributed by atoms with van der Waals surface area (Å²) in [6.45, 7) is 6.96. The normalized spacial score (nSPS) is 51.2. The molecule has 0 aromatic rings. The minimum atomic E-state index is -0.683. The zero-order valence-corrected chi connectivity index (χ0v) is 17.2. The number of carboxylic acid groups (broad SMARTS) is 1. The summed E-state index contributed by atoms with van der Waals surface area (Å²) < 4.78 is 0. The molecule has 0 radical (unpaired) electrons. The first-order valence-corrected chi connectivity index (χ1v) is 11.2. The van der Waals surface area contributed by atoms with Crippen LogP contribution >= 0.6 is 0 Å². The fraction of sp³-hybridized carbons (Fsp3) is 0.957. The van der Waals surface area contributed by atoms with E-state index >= 15 is 0 Å². The number of aliphatic hydroxyl groups is 2. The van der Waals surface area contributed by atoms with Gasteiger partial charge in [-0.25, -0.2) is 0 Å². The van der Waals surface area contributed by atoms with Crippen LogP contribution in [-0.4, -0.2) is 84.9 Å². The van der Waals surface area contributed by atoms with Crippen molar-refractivity contribution < 1.29 is 20.1 Å². The van der Waals surface area contributed by atoms with Crippen LogP contribution < -0.4 is 0 Å². The van der Waals surface area contributed by atoms with E-state index in [9.17, 15) is 20.1 Å². The number of fused-ring (bicyclic) bond motifs is 5. The Labute approximate surface area is 212 Å². The maximum absolute atomic E-state index is 11.3. The maximum atomic E-state index is 11.3. The molecule has 0 saturated heterocycles. The van der Waals surface area contributed by atoms with Crippen molar-refractivity contribution >= 4 is 57.4 Å². The van der Waals surface area contributed by atoms with Crippen LogP contribution in [0, 0.1) is 46.3 Å². The fourth-order valence-electron chi connectivity index (χ4n) is 8.59. The zero-order valence-electron chi connectivity index (χ0n) is 17.2. The van der Waals surface area contributed by atoms with Crippen molar-refractivity contribution in [1.82, 2.24) is 0 Å². The van der Waals surface area contributed by atoms with Crippen molar-refractivity contribution in [3.63, 3.8) is 0 Å². The van der Waals surface area contributed by atoms with Gasteiger partial charge in [-0.2, -0.15) is 0 Å². The molecule has 0 aliphatic heterocycles. The Hall–Kier alpha value is 1.03. The molecule has 0 amide bonds. The van der Waals surface area contributed by atoms with E-state index in [4.69, 9.17) is 0 Å². The van der Waals surface area contributed by atoms with Gasteiger partial charge in [0.2, 0.25) is 0 Å². The van der Waals surface area contributed by atoms with E-state index in [0.29, 0.717) is 29.6 Å². The summed E-state index contributed by atoms with van der Waals surface area (Å²) >= 11 is 0. The molecule has 3 N–H and O–H groups in total. The predicted molar refractivity (Wildman–Crippen MR) is 111 cm³/mol. The summed E-state index contributed by atoms with van der Waals surface area (Å²) in [5.74, 6) is 1.89. The van der Waals surface area contributed by atoms with Crippen molar-refractivity contribution in [2.75, 3.05) is 0 Å². The van der Waals surface area contributed by atoms with Crippen molar-refractivity contribution in [3.05, 3.63) is 0 Å². The van der Waals surface area contributed by atoms with Crippen LogP contribution in [0.2, 0.25) is 0 Å². The SMILES string of the molecule is C[C@H](CC(=O)O)[C@H]1CC[C@H]2[C@@H]3[C@@H](O)C[C@@H]4C[C@H](O)CC[C@]4(C)[C@H]3CC[C@]12C.[KH]. The van der Waals surface area contributed by atoms with Crippen molar-refractivity contribution in [2.45, 2.75) is 90.8 Å². The second-order valence-corrected chi connectivity index (χ2v) is 11.0. The van der Waals surface area contributed by atoms with Crippen LogP contribution in [0.15, 0.2) is 0 Å². The van der Waals surface area contributed by atoms with Crippen LogP contribution in [-0.2, 0) is 4.79 Å². The molecule has 0 aromatic heterocycles. The van der Waals surface area contributed by atoms with E-state index in [1.165, 1.54) is 6.42 Å². The number of rotatable bonds is 3. The van der Waals surface area contributed by atoms with Crippen LogP contribution in [0.25, 0.3) is 0 Å². The number of aliphatic carboxylic acids is 1. The molecule has 0 aromatic carbocycles. The molecular formula is C23H39KO4. The van der Waals surface area contributed by atoms with E-state index < -0.39 is 5.97 Å². The van der Waals surface area contributed by atoms with E-state index in [-0.39, 0.29) is 86.8 Å². The number of carboxylic acids is 1. The average molecular weight is 419 g/mol. The average Bonchev–Trinajstić information content (AvgIpc) is 2.93. The van der Waals surface area contributed by atoms with Gasteiger partial charge in [0, 0.05) is 6.42 Å². The monoisotopic (exact) mass is 418 g/mol. The van der Waals surface area contributed by atoms with Crippen LogP contribution in [0.5, 0.6) is 0 Å². The van der Waals surface area contributed by atoms with Gasteiger partial charge in [-0.05, 0) is 97.7 Å². The summed E-state index contributed by atoms with van der Waals surface area (Å²) in [5.41, 5.74) is 0.434. The molecule has 0 spiro atoms. The van der Waals surface area contributed by atoms with Gasteiger partial charge in [0.15, 0.2) is 0 Å². The molecular weight excluding hydrogens is 379 g/mol. The zero-order chi connectivity index (χ0) is 19.6. The van der Waals surface area contributed by atoms with Gasteiger partial charge in [-0.1, -0.05) is 20.8 Å². The number of carbonyl (C=O) groups is 1. The topological polar surface area (TPSA) is 77.8 Å². The van der Waals surface area contributed by atoms with Crippen molar-refractivity contribution in [3.8, 4) is 0 Å². The van der Waals surface area contributed by atoms with E-state index in [2.05, 4.69) is 20.8 Å². The van der Waals surface area contributed by atoms with E-state index in [1.807, 2.05) is 0 Å². The van der Waals surface area contributed by atoms with Gasteiger partial charge < -0.3 is 15.3 Å². The Kier molecular flexibility index (Phi) is 7.20. The fourth-order valence-corrected chi connectivity index (χ4v) is 8.59. The van der Waals surface area contributed by atoms with E-state index in [1.54, 1.807) is 0 Å². The molecule has 10 atom stereocenters. The number of hydrogen-bond acceptors (Lipinski definition) is 3. The van der Waals surface area contributed by atoms with Crippen molar-refractivity contribution in [2.24, 2.45) is 46.3 Å². The molecule has 156 valence electrons. The summed E-state index contributed by atoms with van der Waals surface area (Å²) in [6, 6.07) is 0. The van der Waals surface area contributed by atoms with Crippen LogP contribution in [0.4, 0.5) is 0 Å². The Bertz CT molecular complexity index is 597. The van der Waals surface area contributed by atoms with Gasteiger partial charge >= 0.3 is 57.4 Å².